The number of non-ortho nitro benzene ring substituents is 1. The van der Waals surface area contributed by atoms with Crippen molar-refractivity contribution in [1.29, 1.82) is 0 Å². The van der Waals surface area contributed by atoms with Crippen molar-refractivity contribution in [3.8, 4) is 5.75 Å². The van der Waals surface area contributed by atoms with Crippen molar-refractivity contribution in [2.45, 2.75) is 33.2 Å². The third-order valence-corrected chi connectivity index (χ3v) is 5.60. The maximum atomic E-state index is 13.0. The number of amides is 1. The summed E-state index contributed by atoms with van der Waals surface area (Å²) >= 11 is 0. The number of sulfonamides is 1. The first-order valence-corrected chi connectivity index (χ1v) is 11.2. The van der Waals surface area contributed by atoms with Gasteiger partial charge in [-0.1, -0.05) is 13.0 Å². The summed E-state index contributed by atoms with van der Waals surface area (Å²) in [4.78, 5) is 23.5. The van der Waals surface area contributed by atoms with Crippen LogP contribution in [0, 0.1) is 17.0 Å². The lowest BCUT2D eigenvalue weighted by Crippen LogP contribution is -2.47. The summed E-state index contributed by atoms with van der Waals surface area (Å²) in [7, 11) is -3.80. The summed E-state index contributed by atoms with van der Waals surface area (Å²) in [5.74, 6) is -0.000159. The van der Waals surface area contributed by atoms with Gasteiger partial charge in [-0.25, -0.2) is 8.42 Å². The smallest absolute Gasteiger partial charge is 0.271 e. The van der Waals surface area contributed by atoms with Gasteiger partial charge in [-0.05, 0) is 50.1 Å². The molecule has 2 aromatic rings. The third kappa shape index (κ3) is 5.47. The molecular weight excluding hydrogens is 410 g/mol. The molecule has 1 unspecified atom stereocenters. The molecule has 0 bridgehead atoms. The van der Waals surface area contributed by atoms with E-state index in [-0.39, 0.29) is 17.8 Å². The van der Waals surface area contributed by atoms with Gasteiger partial charge < -0.3 is 10.1 Å². The minimum absolute atomic E-state index is 0.171. The lowest BCUT2D eigenvalue weighted by atomic mass is 10.1. The molecule has 0 aliphatic carbocycles. The fraction of sp³-hybridized carbons (Fsp3) is 0.350. The van der Waals surface area contributed by atoms with E-state index in [1.807, 2.05) is 6.92 Å². The lowest BCUT2D eigenvalue weighted by molar-refractivity contribution is -0.384. The van der Waals surface area contributed by atoms with E-state index in [2.05, 4.69) is 5.32 Å². The van der Waals surface area contributed by atoms with E-state index in [1.165, 1.54) is 18.2 Å². The monoisotopic (exact) mass is 435 g/mol. The quantitative estimate of drug-likeness (QED) is 0.476. The molecule has 1 N–H and O–H groups in total. The number of hydrogen-bond acceptors (Lipinski definition) is 6. The highest BCUT2D eigenvalue weighted by atomic mass is 32.2. The molecule has 162 valence electrons. The van der Waals surface area contributed by atoms with Gasteiger partial charge in [-0.2, -0.15) is 0 Å². The maximum Gasteiger partial charge on any atom is 0.271 e. The third-order valence-electron chi connectivity index (χ3n) is 4.42. The van der Waals surface area contributed by atoms with E-state index in [4.69, 9.17) is 4.74 Å². The van der Waals surface area contributed by atoms with Crippen LogP contribution in [0.15, 0.2) is 42.5 Å². The number of nitrogens with one attached hydrogen (secondary N) is 1. The van der Waals surface area contributed by atoms with Crippen molar-refractivity contribution >= 4 is 33.0 Å². The molecule has 10 heteroatoms. The lowest BCUT2D eigenvalue weighted by Gasteiger charge is -2.30. The van der Waals surface area contributed by atoms with E-state index in [1.54, 1.807) is 38.1 Å². The summed E-state index contributed by atoms with van der Waals surface area (Å²) in [6.45, 7) is 5.69. The molecule has 0 saturated carbocycles. The van der Waals surface area contributed by atoms with Crippen molar-refractivity contribution < 1.29 is 22.9 Å². The average molecular weight is 436 g/mol. The van der Waals surface area contributed by atoms with Crippen LogP contribution in [0.2, 0.25) is 0 Å². The molecule has 0 aromatic heterocycles. The van der Waals surface area contributed by atoms with Crippen LogP contribution in [0.4, 0.5) is 17.1 Å². The normalized spacial score (nSPS) is 12.1. The molecular formula is C20H25N3O6S. The second kappa shape index (κ2) is 9.57. The Balaban J connectivity index is 2.39. The van der Waals surface area contributed by atoms with Gasteiger partial charge >= 0.3 is 0 Å². The van der Waals surface area contributed by atoms with Gasteiger partial charge in [-0.3, -0.25) is 19.2 Å². The second-order valence-electron chi connectivity index (χ2n) is 6.66. The highest BCUT2D eigenvalue weighted by Gasteiger charge is 2.32. The van der Waals surface area contributed by atoms with Gasteiger partial charge in [0.15, 0.2) is 0 Å². The molecule has 0 heterocycles. The summed E-state index contributed by atoms with van der Waals surface area (Å²) in [5, 5.41) is 13.7. The van der Waals surface area contributed by atoms with Gasteiger partial charge in [0.25, 0.3) is 5.69 Å². The van der Waals surface area contributed by atoms with Crippen LogP contribution in [0.1, 0.15) is 25.8 Å². The molecule has 2 rings (SSSR count). The zero-order chi connectivity index (χ0) is 22.5. The molecule has 2 aromatic carbocycles. The molecule has 0 spiro atoms. The molecule has 0 aliphatic rings. The van der Waals surface area contributed by atoms with Gasteiger partial charge in [-0.15, -0.1) is 0 Å². The van der Waals surface area contributed by atoms with Crippen LogP contribution < -0.4 is 14.4 Å². The summed E-state index contributed by atoms with van der Waals surface area (Å²) in [5.41, 5.74) is 1.03. The van der Waals surface area contributed by atoms with Crippen LogP contribution >= 0.6 is 0 Å². The predicted molar refractivity (Wildman–Crippen MR) is 115 cm³/mol. The zero-order valence-electron chi connectivity index (χ0n) is 17.3. The van der Waals surface area contributed by atoms with Gasteiger partial charge in [0, 0.05) is 12.1 Å². The van der Waals surface area contributed by atoms with Crippen LogP contribution in [0.5, 0.6) is 5.75 Å². The summed E-state index contributed by atoms with van der Waals surface area (Å²) in [6.07, 6.45) is 1.22. The number of nitro groups is 1. The topological polar surface area (TPSA) is 119 Å². The summed E-state index contributed by atoms with van der Waals surface area (Å²) in [6, 6.07) is 9.47. The van der Waals surface area contributed by atoms with E-state index in [0.29, 0.717) is 23.6 Å². The maximum absolute atomic E-state index is 13.0. The standard InChI is InChI=1S/C20H25N3O6S/c1-5-19(20(24)21-18-13-16(23(25)26)8-7-14(18)3)22(30(4,27)28)15-9-11-17(12-10-15)29-6-2/h7-13,19H,5-6H2,1-4H3,(H,21,24). The number of nitro benzene ring substituents is 1. The van der Waals surface area contributed by atoms with Crippen molar-refractivity contribution in [1.82, 2.24) is 0 Å². The van der Waals surface area contributed by atoms with Crippen molar-refractivity contribution in [3.63, 3.8) is 0 Å². The minimum Gasteiger partial charge on any atom is -0.494 e. The van der Waals surface area contributed by atoms with Crippen LogP contribution in [0.3, 0.4) is 0 Å². The average Bonchev–Trinajstić information content (AvgIpc) is 2.67. The number of nitrogens with zero attached hydrogens (tertiary/aromatic N) is 2. The SMILES string of the molecule is CCOc1ccc(N(C(CC)C(=O)Nc2cc([N+](=O)[O-])ccc2C)S(C)(=O)=O)cc1. The van der Waals surface area contributed by atoms with Crippen LogP contribution in [0.25, 0.3) is 0 Å². The molecule has 30 heavy (non-hydrogen) atoms. The van der Waals surface area contributed by atoms with Crippen molar-refractivity contribution in [2.75, 3.05) is 22.5 Å². The molecule has 0 radical (unpaired) electrons. The molecule has 1 amide bonds. The molecule has 0 aliphatic heterocycles. The number of aryl methyl sites for hydroxylation is 1. The van der Waals surface area contributed by atoms with Crippen molar-refractivity contribution in [3.05, 3.63) is 58.1 Å². The Kier molecular flexibility index (Phi) is 7.38. The first-order valence-electron chi connectivity index (χ1n) is 9.36. The fourth-order valence-corrected chi connectivity index (χ4v) is 4.20. The molecule has 0 fully saturated rings. The van der Waals surface area contributed by atoms with Gasteiger partial charge in [0.05, 0.1) is 29.2 Å². The number of carbonyl (C=O) groups is 1. The largest absolute Gasteiger partial charge is 0.494 e. The van der Waals surface area contributed by atoms with E-state index < -0.39 is 26.9 Å². The van der Waals surface area contributed by atoms with Crippen LogP contribution in [-0.2, 0) is 14.8 Å². The second-order valence-corrected chi connectivity index (χ2v) is 8.51. The fourth-order valence-electron chi connectivity index (χ4n) is 2.99. The van der Waals surface area contributed by atoms with E-state index in [9.17, 15) is 23.3 Å². The molecule has 1 atom stereocenters. The summed E-state index contributed by atoms with van der Waals surface area (Å²) < 4.78 is 31.5. The van der Waals surface area contributed by atoms with Crippen molar-refractivity contribution in [2.24, 2.45) is 0 Å². The number of rotatable bonds is 9. The minimum atomic E-state index is -3.80. The van der Waals surface area contributed by atoms with Gasteiger partial charge in [0.1, 0.15) is 11.8 Å². The first-order chi connectivity index (χ1) is 14.1. The number of hydrogen-bond donors (Lipinski definition) is 1. The Hall–Kier alpha value is -3.14. The molecule has 9 nitrogen and oxygen atoms in total. The van der Waals surface area contributed by atoms with E-state index >= 15 is 0 Å². The number of ether oxygens (including phenoxy) is 1. The number of benzene rings is 2. The van der Waals surface area contributed by atoms with Crippen LogP contribution in [-0.4, -0.2) is 38.2 Å². The first kappa shape index (κ1) is 23.1. The zero-order valence-corrected chi connectivity index (χ0v) is 18.1. The highest BCUT2D eigenvalue weighted by Crippen LogP contribution is 2.27. The van der Waals surface area contributed by atoms with E-state index in [0.717, 1.165) is 10.6 Å². The Morgan fingerprint density at radius 3 is 2.33 bits per heavy atom. The Labute approximate surface area is 175 Å². The van der Waals surface area contributed by atoms with Gasteiger partial charge in [0.2, 0.25) is 15.9 Å². The number of anilines is 2. The predicted octanol–water partition coefficient (Wildman–Crippen LogP) is 3.49. The highest BCUT2D eigenvalue weighted by molar-refractivity contribution is 7.92. The Bertz CT molecular complexity index is 1020. The Morgan fingerprint density at radius 2 is 1.83 bits per heavy atom. The Morgan fingerprint density at radius 1 is 1.20 bits per heavy atom. The molecule has 0 saturated heterocycles. The number of carbonyl (C=O) groups excluding carboxylic acids is 1.